The van der Waals surface area contributed by atoms with Gasteiger partial charge in [-0.05, 0) is 64.6 Å². The third-order valence-corrected chi connectivity index (χ3v) is 7.25. The van der Waals surface area contributed by atoms with E-state index in [-0.39, 0.29) is 0 Å². The van der Waals surface area contributed by atoms with Crippen molar-refractivity contribution in [1.29, 1.82) is 0 Å². The number of benzene rings is 1. The van der Waals surface area contributed by atoms with Crippen LogP contribution in [0.2, 0.25) is 0 Å². The van der Waals surface area contributed by atoms with Gasteiger partial charge in [0.05, 0.1) is 12.9 Å². The number of anilines is 1. The number of carboxylic acids is 1. The predicted molar refractivity (Wildman–Crippen MR) is 140 cm³/mol. The fourth-order valence-corrected chi connectivity index (χ4v) is 5.22. The Kier molecular flexibility index (Phi) is 7.98. The zero-order valence-electron chi connectivity index (χ0n) is 18.0. The van der Waals surface area contributed by atoms with Crippen molar-refractivity contribution < 1.29 is 9.90 Å². The second-order valence-corrected chi connectivity index (χ2v) is 10.0. The number of aliphatic carboxylic acids is 1. The fraction of sp³-hybridized carbons (Fsp3) is 0.208. The average Bonchev–Trinajstić information content (AvgIpc) is 3.60. The zero-order chi connectivity index (χ0) is 23.0. The minimum atomic E-state index is -0.837. The standard InChI is InChI=1S/C24H24N4O2S3/c1-31-9-5-22(24(29)30)27-21-3-2-17(13-20(21)18-4-10-32-15-18)12-19(23-26-7-11-33-23)14-28-8-6-25-16-28/h2-4,6-8,10-13,15-16,22,27H,5,9,14H2,1H3,(H,29,30)/b19-12-/t22-/m0/s1. The van der Waals surface area contributed by atoms with Gasteiger partial charge in [0.1, 0.15) is 11.0 Å². The van der Waals surface area contributed by atoms with Gasteiger partial charge in [-0.3, -0.25) is 0 Å². The zero-order valence-corrected chi connectivity index (χ0v) is 20.5. The van der Waals surface area contributed by atoms with Crippen LogP contribution in [0.25, 0.3) is 22.8 Å². The van der Waals surface area contributed by atoms with Gasteiger partial charge >= 0.3 is 5.97 Å². The Bertz CT molecular complexity index is 1190. The third kappa shape index (κ3) is 6.13. The number of nitrogens with zero attached hydrogens (tertiary/aromatic N) is 3. The second kappa shape index (κ2) is 11.3. The van der Waals surface area contributed by atoms with Gasteiger partial charge in [0.25, 0.3) is 0 Å². The van der Waals surface area contributed by atoms with Gasteiger partial charge in [-0.2, -0.15) is 23.1 Å². The molecule has 1 aromatic carbocycles. The molecule has 0 amide bonds. The van der Waals surface area contributed by atoms with Crippen LogP contribution in [0.15, 0.2) is 65.3 Å². The molecule has 0 unspecified atom stereocenters. The summed E-state index contributed by atoms with van der Waals surface area (Å²) in [7, 11) is 0. The van der Waals surface area contributed by atoms with E-state index in [4.69, 9.17) is 0 Å². The Hall–Kier alpha value is -2.88. The molecular weight excluding hydrogens is 472 g/mol. The predicted octanol–water partition coefficient (Wildman–Crippen LogP) is 5.93. The number of rotatable bonds is 11. The lowest BCUT2D eigenvalue weighted by Gasteiger charge is -2.18. The fourth-order valence-electron chi connectivity index (χ4n) is 3.45. The number of hydrogen-bond donors (Lipinski definition) is 2. The van der Waals surface area contributed by atoms with Gasteiger partial charge in [-0.1, -0.05) is 6.07 Å². The van der Waals surface area contributed by atoms with E-state index >= 15 is 0 Å². The quantitative estimate of drug-likeness (QED) is 0.268. The van der Waals surface area contributed by atoms with Crippen LogP contribution in [0.3, 0.4) is 0 Å². The highest BCUT2D eigenvalue weighted by Gasteiger charge is 2.19. The van der Waals surface area contributed by atoms with Gasteiger partial charge < -0.3 is 15.0 Å². The van der Waals surface area contributed by atoms with E-state index in [1.165, 1.54) is 0 Å². The maximum atomic E-state index is 11.8. The summed E-state index contributed by atoms with van der Waals surface area (Å²) in [6.45, 7) is 0.664. The van der Waals surface area contributed by atoms with Crippen LogP contribution in [-0.2, 0) is 11.3 Å². The summed E-state index contributed by atoms with van der Waals surface area (Å²) in [6.07, 6.45) is 12.0. The van der Waals surface area contributed by atoms with Crippen LogP contribution in [0.4, 0.5) is 5.69 Å². The molecule has 0 saturated heterocycles. The van der Waals surface area contributed by atoms with Gasteiger partial charge in [0.15, 0.2) is 0 Å². The maximum Gasteiger partial charge on any atom is 0.326 e. The number of imidazole rings is 1. The molecule has 0 aliphatic rings. The van der Waals surface area contributed by atoms with E-state index in [0.29, 0.717) is 13.0 Å². The first-order valence-electron chi connectivity index (χ1n) is 10.3. The summed E-state index contributed by atoms with van der Waals surface area (Å²) < 4.78 is 2.02. The molecule has 4 aromatic rings. The van der Waals surface area contributed by atoms with Crippen molar-refractivity contribution in [1.82, 2.24) is 14.5 Å². The molecular formula is C24H24N4O2S3. The van der Waals surface area contributed by atoms with Crippen molar-refractivity contribution in [3.05, 3.63) is 75.9 Å². The first-order chi connectivity index (χ1) is 16.1. The van der Waals surface area contributed by atoms with Crippen molar-refractivity contribution in [3.8, 4) is 11.1 Å². The molecule has 9 heteroatoms. The minimum absolute atomic E-state index is 0.556. The lowest BCUT2D eigenvalue weighted by Crippen LogP contribution is -2.30. The smallest absolute Gasteiger partial charge is 0.326 e. The summed E-state index contributed by atoms with van der Waals surface area (Å²) in [5.74, 6) is -0.0556. The lowest BCUT2D eigenvalue weighted by atomic mass is 10.0. The summed E-state index contributed by atoms with van der Waals surface area (Å²) in [4.78, 5) is 20.5. The van der Waals surface area contributed by atoms with E-state index in [9.17, 15) is 9.90 Å². The number of carboxylic acid groups (broad SMARTS) is 1. The van der Waals surface area contributed by atoms with Crippen LogP contribution < -0.4 is 5.32 Å². The molecule has 2 N–H and O–H groups in total. The Morgan fingerprint density at radius 2 is 2.21 bits per heavy atom. The Morgan fingerprint density at radius 3 is 2.88 bits per heavy atom. The molecule has 0 bridgehead atoms. The van der Waals surface area contributed by atoms with Crippen molar-refractivity contribution in [3.63, 3.8) is 0 Å². The van der Waals surface area contributed by atoms with E-state index in [0.717, 1.165) is 38.7 Å². The highest BCUT2D eigenvalue weighted by Crippen LogP contribution is 2.33. The first kappa shape index (κ1) is 23.3. The molecule has 6 nitrogen and oxygen atoms in total. The summed E-state index contributed by atoms with van der Waals surface area (Å²) in [6, 6.07) is 7.53. The van der Waals surface area contributed by atoms with E-state index in [2.05, 4.69) is 38.9 Å². The number of thiazole rings is 1. The molecule has 0 saturated carbocycles. The Labute approximate surface area is 205 Å². The van der Waals surface area contributed by atoms with Crippen molar-refractivity contribution in [2.45, 2.75) is 19.0 Å². The SMILES string of the molecule is CSCC[C@H](Nc1ccc(/C=C(/Cn2ccnc2)c2nccs2)cc1-c1ccsc1)C(=O)O. The molecule has 0 spiro atoms. The molecule has 4 rings (SSSR count). The largest absolute Gasteiger partial charge is 0.480 e. The summed E-state index contributed by atoms with van der Waals surface area (Å²) in [5, 5.41) is 20.0. The third-order valence-electron chi connectivity index (χ3n) is 5.07. The normalized spacial score (nSPS) is 12.6. The molecule has 3 heterocycles. The highest BCUT2D eigenvalue weighted by molar-refractivity contribution is 7.98. The number of carbonyl (C=O) groups is 1. The molecule has 0 fully saturated rings. The van der Waals surface area contributed by atoms with Gasteiger partial charge in [-0.15, -0.1) is 11.3 Å². The van der Waals surface area contributed by atoms with Gasteiger partial charge in [0.2, 0.25) is 0 Å². The van der Waals surface area contributed by atoms with Crippen LogP contribution in [0.1, 0.15) is 17.0 Å². The van der Waals surface area contributed by atoms with E-state index in [1.807, 2.05) is 46.1 Å². The van der Waals surface area contributed by atoms with Crippen molar-refractivity contribution >= 4 is 57.7 Å². The molecule has 0 radical (unpaired) electrons. The summed E-state index contributed by atoms with van der Waals surface area (Å²) >= 11 is 4.87. The summed E-state index contributed by atoms with van der Waals surface area (Å²) in [5.41, 5.74) is 4.99. The second-order valence-electron chi connectivity index (χ2n) is 7.38. The van der Waals surface area contributed by atoms with Crippen molar-refractivity contribution in [2.24, 2.45) is 0 Å². The number of hydrogen-bond acceptors (Lipinski definition) is 7. The molecule has 3 aromatic heterocycles. The molecule has 0 aliphatic heterocycles. The van der Waals surface area contributed by atoms with Crippen LogP contribution >= 0.6 is 34.4 Å². The van der Waals surface area contributed by atoms with Crippen molar-refractivity contribution in [2.75, 3.05) is 17.3 Å². The van der Waals surface area contributed by atoms with E-state index < -0.39 is 12.0 Å². The van der Waals surface area contributed by atoms with Crippen LogP contribution in [-0.4, -0.2) is 43.7 Å². The average molecular weight is 497 g/mol. The van der Waals surface area contributed by atoms with Gasteiger partial charge in [-0.25, -0.2) is 14.8 Å². The monoisotopic (exact) mass is 496 g/mol. The number of aromatic nitrogens is 3. The maximum absolute atomic E-state index is 11.8. The molecule has 0 aliphatic carbocycles. The van der Waals surface area contributed by atoms with E-state index in [1.54, 1.807) is 47.0 Å². The number of thiophene rings is 1. The first-order valence-corrected chi connectivity index (χ1v) is 13.6. The van der Waals surface area contributed by atoms with Gasteiger partial charge in [0, 0.05) is 40.8 Å². The molecule has 33 heavy (non-hydrogen) atoms. The molecule has 1 atom stereocenters. The Balaban J connectivity index is 1.70. The number of allylic oxidation sites excluding steroid dienone is 1. The lowest BCUT2D eigenvalue weighted by molar-refractivity contribution is -0.137. The van der Waals surface area contributed by atoms with Crippen LogP contribution in [0.5, 0.6) is 0 Å². The number of nitrogens with one attached hydrogen (secondary N) is 1. The minimum Gasteiger partial charge on any atom is -0.480 e. The highest BCUT2D eigenvalue weighted by atomic mass is 32.2. The van der Waals surface area contributed by atoms with Crippen LogP contribution in [0, 0.1) is 0 Å². The Morgan fingerprint density at radius 1 is 1.30 bits per heavy atom. The molecule has 170 valence electrons. The number of thioether (sulfide) groups is 1. The topological polar surface area (TPSA) is 80.0 Å².